The van der Waals surface area contributed by atoms with Gasteiger partial charge in [-0.15, -0.1) is 0 Å². The molecule has 3 heteroatoms. The molecule has 1 N–H and O–H groups in total. The predicted octanol–water partition coefficient (Wildman–Crippen LogP) is 4.32. The minimum Gasteiger partial charge on any atom is -0.487 e. The lowest BCUT2D eigenvalue weighted by Crippen LogP contribution is -2.42. The summed E-state index contributed by atoms with van der Waals surface area (Å²) in [6.07, 6.45) is 7.86. The number of rotatable bonds is 3. The SMILES string of the molecule is Cc1ccc2c(c1)C(NCc1ccccn1)CC1(CCCC1)O2. The summed E-state index contributed by atoms with van der Waals surface area (Å²) in [5.74, 6) is 1.07. The summed E-state index contributed by atoms with van der Waals surface area (Å²) in [4.78, 5) is 4.43. The molecule has 1 fully saturated rings. The van der Waals surface area contributed by atoms with Crippen molar-refractivity contribution in [2.45, 2.75) is 57.2 Å². The highest BCUT2D eigenvalue weighted by atomic mass is 16.5. The number of nitrogens with zero attached hydrogens (tertiary/aromatic N) is 1. The van der Waals surface area contributed by atoms with Gasteiger partial charge in [0.2, 0.25) is 0 Å². The molecule has 23 heavy (non-hydrogen) atoms. The lowest BCUT2D eigenvalue weighted by Gasteiger charge is -2.40. The van der Waals surface area contributed by atoms with Crippen molar-refractivity contribution in [3.05, 3.63) is 59.4 Å². The van der Waals surface area contributed by atoms with E-state index in [1.54, 1.807) is 0 Å². The van der Waals surface area contributed by atoms with E-state index in [-0.39, 0.29) is 5.60 Å². The van der Waals surface area contributed by atoms with E-state index < -0.39 is 0 Å². The van der Waals surface area contributed by atoms with Gasteiger partial charge in [0.1, 0.15) is 11.4 Å². The van der Waals surface area contributed by atoms with E-state index in [2.05, 4.69) is 41.5 Å². The zero-order valence-corrected chi connectivity index (χ0v) is 13.7. The lowest BCUT2D eigenvalue weighted by molar-refractivity contribution is 0.0363. The second kappa shape index (κ2) is 5.97. The molecule has 1 aromatic carbocycles. The zero-order chi connectivity index (χ0) is 15.7. The van der Waals surface area contributed by atoms with Crippen LogP contribution in [0.5, 0.6) is 5.75 Å². The number of hydrogen-bond donors (Lipinski definition) is 1. The minimum atomic E-state index is 0.0457. The first-order chi connectivity index (χ1) is 11.2. The molecule has 0 radical (unpaired) electrons. The van der Waals surface area contributed by atoms with Gasteiger partial charge in [-0.25, -0.2) is 0 Å². The Balaban J connectivity index is 1.60. The van der Waals surface area contributed by atoms with Crippen molar-refractivity contribution in [3.63, 3.8) is 0 Å². The summed E-state index contributed by atoms with van der Waals surface area (Å²) in [5.41, 5.74) is 3.73. The van der Waals surface area contributed by atoms with Crippen LogP contribution in [0.15, 0.2) is 42.6 Å². The van der Waals surface area contributed by atoms with Crippen molar-refractivity contribution in [3.8, 4) is 5.75 Å². The third-order valence-corrected chi connectivity index (χ3v) is 5.21. The Kier molecular flexibility index (Phi) is 3.82. The number of ether oxygens (including phenoxy) is 1. The third kappa shape index (κ3) is 2.98. The summed E-state index contributed by atoms with van der Waals surface area (Å²) in [6.45, 7) is 2.95. The van der Waals surface area contributed by atoms with Gasteiger partial charge in [0.15, 0.2) is 0 Å². The van der Waals surface area contributed by atoms with Crippen molar-refractivity contribution in [1.29, 1.82) is 0 Å². The number of fused-ring (bicyclic) bond motifs is 1. The van der Waals surface area contributed by atoms with Crippen molar-refractivity contribution in [1.82, 2.24) is 10.3 Å². The van der Waals surface area contributed by atoms with Gasteiger partial charge in [0.05, 0.1) is 5.69 Å². The second-order valence-electron chi connectivity index (χ2n) is 6.99. The standard InChI is InChI=1S/C20H24N2O/c1-15-7-8-19-17(12-15)18(13-20(23-19)9-3-4-10-20)22-14-16-6-2-5-11-21-16/h2,5-8,11-12,18,22H,3-4,9-10,13-14H2,1H3. The molecular weight excluding hydrogens is 284 g/mol. The first-order valence-corrected chi connectivity index (χ1v) is 8.67. The van der Waals surface area contributed by atoms with Gasteiger partial charge >= 0.3 is 0 Å². The van der Waals surface area contributed by atoms with Gasteiger partial charge in [0, 0.05) is 30.8 Å². The molecule has 1 spiro atoms. The number of hydrogen-bond acceptors (Lipinski definition) is 3. The van der Waals surface area contributed by atoms with Gasteiger partial charge in [-0.3, -0.25) is 4.98 Å². The zero-order valence-electron chi connectivity index (χ0n) is 13.7. The maximum Gasteiger partial charge on any atom is 0.124 e. The van der Waals surface area contributed by atoms with Crippen LogP contribution in [0.2, 0.25) is 0 Å². The van der Waals surface area contributed by atoms with Crippen LogP contribution < -0.4 is 10.1 Å². The maximum atomic E-state index is 6.46. The topological polar surface area (TPSA) is 34.2 Å². The average molecular weight is 308 g/mol. The molecule has 1 atom stereocenters. The Hall–Kier alpha value is -1.87. The van der Waals surface area contributed by atoms with Crippen LogP contribution in [0.25, 0.3) is 0 Å². The van der Waals surface area contributed by atoms with Gasteiger partial charge in [-0.1, -0.05) is 23.8 Å². The van der Waals surface area contributed by atoms with Gasteiger partial charge in [-0.05, 0) is 50.8 Å². The molecule has 0 bridgehead atoms. The van der Waals surface area contributed by atoms with Crippen LogP contribution in [-0.4, -0.2) is 10.6 Å². The van der Waals surface area contributed by atoms with E-state index in [9.17, 15) is 0 Å². The smallest absolute Gasteiger partial charge is 0.124 e. The third-order valence-electron chi connectivity index (χ3n) is 5.21. The minimum absolute atomic E-state index is 0.0457. The normalized spacial score (nSPS) is 21.9. The van der Waals surface area contributed by atoms with Crippen molar-refractivity contribution in [2.24, 2.45) is 0 Å². The summed E-state index contributed by atoms with van der Waals surface area (Å²) in [5, 5.41) is 3.73. The predicted molar refractivity (Wildman–Crippen MR) is 91.4 cm³/mol. The van der Waals surface area contributed by atoms with E-state index in [0.717, 1.165) is 24.4 Å². The van der Waals surface area contributed by atoms with E-state index in [1.807, 2.05) is 18.3 Å². The molecule has 2 aromatic rings. The number of pyridine rings is 1. The molecule has 0 amide bonds. The van der Waals surface area contributed by atoms with Crippen molar-refractivity contribution < 1.29 is 4.74 Å². The molecule has 3 nitrogen and oxygen atoms in total. The Morgan fingerprint density at radius 1 is 1.22 bits per heavy atom. The highest BCUT2D eigenvalue weighted by molar-refractivity contribution is 5.42. The molecule has 2 heterocycles. The van der Waals surface area contributed by atoms with Gasteiger partial charge < -0.3 is 10.1 Å². The van der Waals surface area contributed by atoms with Crippen LogP contribution >= 0.6 is 0 Å². The largest absolute Gasteiger partial charge is 0.487 e. The summed E-state index contributed by atoms with van der Waals surface area (Å²) < 4.78 is 6.46. The number of benzene rings is 1. The van der Waals surface area contributed by atoms with Crippen LogP contribution in [0.4, 0.5) is 0 Å². The summed E-state index contributed by atoms with van der Waals surface area (Å²) in [6, 6.07) is 13.0. The Morgan fingerprint density at radius 2 is 2.09 bits per heavy atom. The Bertz CT molecular complexity index is 677. The summed E-state index contributed by atoms with van der Waals surface area (Å²) >= 11 is 0. The fraction of sp³-hybridized carbons (Fsp3) is 0.450. The molecular formula is C20H24N2O. The molecule has 0 saturated heterocycles. The quantitative estimate of drug-likeness (QED) is 0.917. The van der Waals surface area contributed by atoms with E-state index >= 15 is 0 Å². The molecule has 120 valence electrons. The van der Waals surface area contributed by atoms with E-state index in [1.165, 1.54) is 36.8 Å². The molecule has 2 aliphatic rings. The van der Waals surface area contributed by atoms with E-state index in [4.69, 9.17) is 4.74 Å². The molecule has 1 aromatic heterocycles. The second-order valence-corrected chi connectivity index (χ2v) is 6.99. The molecule has 1 aliphatic heterocycles. The maximum absolute atomic E-state index is 6.46. The molecule has 4 rings (SSSR count). The fourth-order valence-electron chi connectivity index (χ4n) is 4.03. The Labute approximate surface area is 138 Å². The van der Waals surface area contributed by atoms with Gasteiger partial charge in [0.25, 0.3) is 0 Å². The van der Waals surface area contributed by atoms with Crippen LogP contribution in [-0.2, 0) is 6.54 Å². The molecule has 1 unspecified atom stereocenters. The first kappa shape index (κ1) is 14.7. The van der Waals surface area contributed by atoms with E-state index in [0.29, 0.717) is 6.04 Å². The monoisotopic (exact) mass is 308 g/mol. The molecule has 1 saturated carbocycles. The average Bonchev–Trinajstić information content (AvgIpc) is 3.02. The first-order valence-electron chi connectivity index (χ1n) is 8.67. The fourth-order valence-corrected chi connectivity index (χ4v) is 4.03. The molecule has 1 aliphatic carbocycles. The van der Waals surface area contributed by atoms with Gasteiger partial charge in [-0.2, -0.15) is 0 Å². The van der Waals surface area contributed by atoms with Crippen molar-refractivity contribution in [2.75, 3.05) is 0 Å². The number of nitrogens with one attached hydrogen (secondary N) is 1. The lowest BCUT2D eigenvalue weighted by atomic mass is 9.85. The number of aryl methyl sites for hydroxylation is 1. The van der Waals surface area contributed by atoms with Crippen LogP contribution in [0, 0.1) is 6.92 Å². The highest BCUT2D eigenvalue weighted by Gasteiger charge is 2.42. The summed E-state index contributed by atoms with van der Waals surface area (Å²) in [7, 11) is 0. The number of aromatic nitrogens is 1. The van der Waals surface area contributed by atoms with Crippen molar-refractivity contribution >= 4 is 0 Å². The highest BCUT2D eigenvalue weighted by Crippen LogP contribution is 2.47. The van der Waals surface area contributed by atoms with Crippen LogP contribution in [0.1, 0.15) is 55.0 Å². The Morgan fingerprint density at radius 3 is 2.87 bits per heavy atom. The van der Waals surface area contributed by atoms with Crippen LogP contribution in [0.3, 0.4) is 0 Å².